The number of nitrogens with zero attached hydrogens (tertiary/aromatic N) is 4. The second-order valence-corrected chi connectivity index (χ2v) is 4.84. The van der Waals surface area contributed by atoms with Gasteiger partial charge in [-0.15, -0.1) is 0 Å². The number of benzene rings is 1. The van der Waals surface area contributed by atoms with E-state index in [1.54, 1.807) is 10.9 Å². The summed E-state index contributed by atoms with van der Waals surface area (Å²) in [4.78, 5) is 15.2. The van der Waals surface area contributed by atoms with Crippen LogP contribution in [0.15, 0.2) is 30.9 Å². The molecule has 0 saturated heterocycles. The van der Waals surface area contributed by atoms with Crippen LogP contribution in [-0.4, -0.2) is 28.0 Å². The zero-order valence-electron chi connectivity index (χ0n) is 13.4. The van der Waals surface area contributed by atoms with Gasteiger partial charge in [-0.2, -0.15) is 15.0 Å². The number of amides is 1. The molecule has 0 N–H and O–H groups in total. The summed E-state index contributed by atoms with van der Waals surface area (Å²) in [5, 5.41) is 8.59. The highest BCUT2D eigenvalue weighted by Crippen LogP contribution is 2.32. The van der Waals surface area contributed by atoms with Crippen molar-refractivity contribution in [3.8, 4) is 5.75 Å². The Hall–Kier alpha value is -2.70. The standard InChI is InChI=1S/C16H19FN4O2/c1-5-15(22)20(10-13-11(3)18-21(6-2)19-13)14-9-7-8-12(17)16(14)23-4/h5,7-9H,1,6,10H2,2-4H3. The molecule has 0 atom stereocenters. The molecule has 0 spiro atoms. The molecule has 1 aromatic carbocycles. The van der Waals surface area contributed by atoms with E-state index >= 15 is 0 Å². The summed E-state index contributed by atoms with van der Waals surface area (Å²) >= 11 is 0. The molecule has 7 heteroatoms. The van der Waals surface area contributed by atoms with Crippen LogP contribution in [0.2, 0.25) is 0 Å². The van der Waals surface area contributed by atoms with Crippen LogP contribution >= 0.6 is 0 Å². The number of anilines is 1. The zero-order valence-corrected chi connectivity index (χ0v) is 13.4. The first-order valence-corrected chi connectivity index (χ1v) is 7.18. The van der Waals surface area contributed by atoms with E-state index in [0.717, 1.165) is 0 Å². The topological polar surface area (TPSA) is 60.2 Å². The number of hydrogen-bond acceptors (Lipinski definition) is 4. The second kappa shape index (κ2) is 7.04. The third-order valence-electron chi connectivity index (χ3n) is 3.39. The fraction of sp³-hybridized carbons (Fsp3) is 0.312. The van der Waals surface area contributed by atoms with Gasteiger partial charge >= 0.3 is 0 Å². The van der Waals surface area contributed by atoms with Crippen LogP contribution < -0.4 is 9.64 Å². The van der Waals surface area contributed by atoms with E-state index < -0.39 is 5.82 Å². The van der Waals surface area contributed by atoms with Gasteiger partial charge in [-0.05, 0) is 32.1 Å². The Morgan fingerprint density at radius 3 is 2.78 bits per heavy atom. The van der Waals surface area contributed by atoms with Crippen molar-refractivity contribution in [3.05, 3.63) is 48.1 Å². The zero-order chi connectivity index (χ0) is 17.0. The average molecular weight is 318 g/mol. The number of rotatable bonds is 6. The molecular formula is C16H19FN4O2. The third-order valence-corrected chi connectivity index (χ3v) is 3.39. The Bertz CT molecular complexity index is 727. The molecule has 1 heterocycles. The van der Waals surface area contributed by atoms with Gasteiger partial charge in [0, 0.05) is 0 Å². The largest absolute Gasteiger partial charge is 0.492 e. The average Bonchev–Trinajstić information content (AvgIpc) is 2.91. The first-order valence-electron chi connectivity index (χ1n) is 7.18. The first-order chi connectivity index (χ1) is 11.0. The Morgan fingerprint density at radius 2 is 2.22 bits per heavy atom. The number of hydrogen-bond donors (Lipinski definition) is 0. The molecule has 1 aromatic heterocycles. The Kier molecular flexibility index (Phi) is 5.10. The summed E-state index contributed by atoms with van der Waals surface area (Å²) in [5.41, 5.74) is 1.67. The van der Waals surface area contributed by atoms with Crippen molar-refractivity contribution in [3.63, 3.8) is 0 Å². The maximum absolute atomic E-state index is 13.9. The fourth-order valence-corrected chi connectivity index (χ4v) is 2.21. The number of carbonyl (C=O) groups excluding carboxylic acids is 1. The molecule has 23 heavy (non-hydrogen) atoms. The summed E-state index contributed by atoms with van der Waals surface area (Å²) in [6.07, 6.45) is 1.17. The number of halogens is 1. The molecule has 2 rings (SSSR count). The quantitative estimate of drug-likeness (QED) is 0.768. The highest BCUT2D eigenvalue weighted by Gasteiger charge is 2.22. The minimum Gasteiger partial charge on any atom is -0.492 e. The number of methoxy groups -OCH3 is 1. The number of aryl methyl sites for hydroxylation is 2. The molecule has 2 aromatic rings. The van der Waals surface area contributed by atoms with Gasteiger partial charge in [-0.1, -0.05) is 12.6 Å². The molecule has 0 unspecified atom stereocenters. The summed E-state index contributed by atoms with van der Waals surface area (Å²) in [5.74, 6) is -0.914. The van der Waals surface area contributed by atoms with Gasteiger partial charge in [0.05, 0.1) is 31.6 Å². The van der Waals surface area contributed by atoms with Crippen molar-refractivity contribution in [2.75, 3.05) is 12.0 Å². The predicted octanol–water partition coefficient (Wildman–Crippen LogP) is 2.47. The highest BCUT2D eigenvalue weighted by molar-refractivity contribution is 6.02. The van der Waals surface area contributed by atoms with Gasteiger partial charge in [0.15, 0.2) is 11.6 Å². The lowest BCUT2D eigenvalue weighted by molar-refractivity contribution is -0.114. The molecule has 0 radical (unpaired) electrons. The van der Waals surface area contributed by atoms with Crippen LogP contribution in [0, 0.1) is 12.7 Å². The van der Waals surface area contributed by atoms with Crippen molar-refractivity contribution in [2.45, 2.75) is 26.9 Å². The van der Waals surface area contributed by atoms with Crippen LogP contribution in [0.3, 0.4) is 0 Å². The van der Waals surface area contributed by atoms with Crippen LogP contribution in [0.25, 0.3) is 0 Å². The van der Waals surface area contributed by atoms with Crippen LogP contribution in [0.5, 0.6) is 5.75 Å². The maximum atomic E-state index is 13.9. The predicted molar refractivity (Wildman–Crippen MR) is 84.8 cm³/mol. The lowest BCUT2D eigenvalue weighted by Crippen LogP contribution is -2.29. The van der Waals surface area contributed by atoms with Crippen molar-refractivity contribution in [1.29, 1.82) is 0 Å². The SMILES string of the molecule is C=CC(=O)N(Cc1nn(CC)nc1C)c1cccc(F)c1OC. The number of para-hydroxylation sites is 1. The minimum absolute atomic E-state index is 0.00300. The second-order valence-electron chi connectivity index (χ2n) is 4.84. The van der Waals surface area contributed by atoms with Crippen LogP contribution in [0.4, 0.5) is 10.1 Å². The first kappa shape index (κ1) is 16.7. The summed E-state index contributed by atoms with van der Waals surface area (Å²) in [6, 6.07) is 4.41. The Morgan fingerprint density at radius 1 is 1.48 bits per heavy atom. The van der Waals surface area contributed by atoms with E-state index in [2.05, 4.69) is 16.8 Å². The Labute approximate surface area is 134 Å². The van der Waals surface area contributed by atoms with Crippen LogP contribution in [-0.2, 0) is 17.9 Å². The Balaban J connectivity index is 2.46. The number of aromatic nitrogens is 3. The van der Waals surface area contributed by atoms with E-state index in [4.69, 9.17) is 4.74 Å². The molecule has 1 amide bonds. The van der Waals surface area contributed by atoms with Crippen LogP contribution in [0.1, 0.15) is 18.3 Å². The molecular weight excluding hydrogens is 299 g/mol. The summed E-state index contributed by atoms with van der Waals surface area (Å²) < 4.78 is 19.0. The van der Waals surface area contributed by atoms with Gasteiger partial charge in [0.25, 0.3) is 5.91 Å². The highest BCUT2D eigenvalue weighted by atomic mass is 19.1. The molecule has 0 saturated carbocycles. The van der Waals surface area contributed by atoms with Crippen molar-refractivity contribution in [1.82, 2.24) is 15.0 Å². The lowest BCUT2D eigenvalue weighted by atomic mass is 10.2. The van der Waals surface area contributed by atoms with E-state index in [1.165, 1.54) is 30.2 Å². The lowest BCUT2D eigenvalue weighted by Gasteiger charge is -2.22. The molecule has 0 aliphatic rings. The molecule has 0 fully saturated rings. The van der Waals surface area contributed by atoms with E-state index in [-0.39, 0.29) is 18.2 Å². The minimum atomic E-state index is -0.541. The van der Waals surface area contributed by atoms with E-state index in [1.807, 2.05) is 13.8 Å². The van der Waals surface area contributed by atoms with Gasteiger partial charge in [0.1, 0.15) is 5.69 Å². The molecule has 6 nitrogen and oxygen atoms in total. The molecule has 0 aliphatic carbocycles. The van der Waals surface area contributed by atoms with Gasteiger partial charge in [0.2, 0.25) is 0 Å². The van der Waals surface area contributed by atoms with Crippen molar-refractivity contribution < 1.29 is 13.9 Å². The monoisotopic (exact) mass is 318 g/mol. The van der Waals surface area contributed by atoms with Gasteiger partial charge in [-0.3, -0.25) is 9.69 Å². The van der Waals surface area contributed by atoms with Crippen molar-refractivity contribution in [2.24, 2.45) is 0 Å². The fourth-order valence-electron chi connectivity index (χ4n) is 2.21. The molecule has 122 valence electrons. The summed E-state index contributed by atoms with van der Waals surface area (Å²) in [6.45, 7) is 8.01. The third kappa shape index (κ3) is 3.39. The van der Waals surface area contributed by atoms with E-state index in [9.17, 15) is 9.18 Å². The van der Waals surface area contributed by atoms with Gasteiger partial charge < -0.3 is 4.74 Å². The number of carbonyl (C=O) groups is 1. The normalized spacial score (nSPS) is 10.4. The number of ether oxygens (including phenoxy) is 1. The van der Waals surface area contributed by atoms with Crippen molar-refractivity contribution >= 4 is 11.6 Å². The maximum Gasteiger partial charge on any atom is 0.250 e. The van der Waals surface area contributed by atoms with Gasteiger partial charge in [-0.25, -0.2) is 4.39 Å². The smallest absolute Gasteiger partial charge is 0.250 e. The van der Waals surface area contributed by atoms with E-state index in [0.29, 0.717) is 23.6 Å². The molecule has 0 aliphatic heterocycles. The summed E-state index contributed by atoms with van der Waals surface area (Å²) in [7, 11) is 1.36. The molecule has 0 bridgehead atoms.